The SMILES string of the molecule is C=CCn1c(=O)nc(SCCCC)c2sc3c(c21)CCC(C)C3. The molecule has 0 saturated carbocycles. The van der Waals surface area contributed by atoms with E-state index in [0.29, 0.717) is 6.54 Å². The van der Waals surface area contributed by atoms with Crippen LogP contribution in [0, 0.1) is 5.92 Å². The molecule has 0 aromatic carbocycles. The second kappa shape index (κ2) is 7.22. The Bertz CT molecular complexity index is 775. The first kappa shape index (κ1) is 16.8. The summed E-state index contributed by atoms with van der Waals surface area (Å²) in [6, 6.07) is 0. The Balaban J connectivity index is 2.16. The summed E-state index contributed by atoms with van der Waals surface area (Å²) in [7, 11) is 0. The lowest BCUT2D eigenvalue weighted by molar-refractivity contribution is 0.508. The highest BCUT2D eigenvalue weighted by atomic mass is 32.2. The molecule has 2 aromatic rings. The third kappa shape index (κ3) is 3.26. The number of unbranched alkanes of at least 4 members (excludes halogenated alkanes) is 1. The molecule has 0 aliphatic heterocycles. The number of fused-ring (bicyclic) bond motifs is 3. The molecule has 1 unspecified atom stereocenters. The molecule has 1 aliphatic rings. The maximum Gasteiger partial charge on any atom is 0.349 e. The summed E-state index contributed by atoms with van der Waals surface area (Å²) in [6.45, 7) is 8.86. The molecule has 1 aliphatic carbocycles. The molecule has 1 atom stereocenters. The summed E-state index contributed by atoms with van der Waals surface area (Å²) < 4.78 is 3.03. The van der Waals surface area contributed by atoms with E-state index >= 15 is 0 Å². The molecular formula is C18H24N2OS2. The third-order valence-electron chi connectivity index (χ3n) is 4.42. The highest BCUT2D eigenvalue weighted by Crippen LogP contribution is 2.40. The van der Waals surface area contributed by atoms with Gasteiger partial charge in [0.15, 0.2) is 0 Å². The molecule has 0 radical (unpaired) electrons. The Morgan fingerprint density at radius 1 is 1.52 bits per heavy atom. The van der Waals surface area contributed by atoms with E-state index in [2.05, 4.69) is 25.4 Å². The van der Waals surface area contributed by atoms with E-state index in [1.807, 2.05) is 15.9 Å². The Hall–Kier alpha value is -1.07. The number of hydrogen-bond acceptors (Lipinski definition) is 4. The second-order valence-electron chi connectivity index (χ2n) is 6.33. The van der Waals surface area contributed by atoms with Gasteiger partial charge in [0.1, 0.15) is 5.03 Å². The van der Waals surface area contributed by atoms with Crippen molar-refractivity contribution < 1.29 is 0 Å². The minimum Gasteiger partial charge on any atom is -0.287 e. The predicted molar refractivity (Wildman–Crippen MR) is 101 cm³/mol. The van der Waals surface area contributed by atoms with Crippen LogP contribution in [0.2, 0.25) is 0 Å². The zero-order chi connectivity index (χ0) is 16.4. The van der Waals surface area contributed by atoms with E-state index in [1.165, 1.54) is 28.0 Å². The van der Waals surface area contributed by atoms with Gasteiger partial charge >= 0.3 is 5.69 Å². The zero-order valence-electron chi connectivity index (χ0n) is 13.9. The fraction of sp³-hybridized carbons (Fsp3) is 0.556. The van der Waals surface area contributed by atoms with Crippen molar-refractivity contribution >= 4 is 33.3 Å². The van der Waals surface area contributed by atoms with Crippen molar-refractivity contribution in [3.8, 4) is 0 Å². The zero-order valence-corrected chi connectivity index (χ0v) is 15.6. The molecule has 0 N–H and O–H groups in total. The first-order valence-electron chi connectivity index (χ1n) is 8.44. The highest BCUT2D eigenvalue weighted by Gasteiger charge is 2.24. The molecule has 5 heteroatoms. The molecule has 0 amide bonds. The maximum atomic E-state index is 12.5. The standard InChI is InChI=1S/C18H24N2OS2/c1-4-6-10-22-17-16-15(20(9-5-2)18(21)19-17)13-8-7-12(3)11-14(13)23-16/h5,12H,2,4,6-11H2,1,3H3. The quantitative estimate of drug-likeness (QED) is 0.329. The molecule has 2 aromatic heterocycles. The van der Waals surface area contributed by atoms with Crippen molar-refractivity contribution in [2.24, 2.45) is 5.92 Å². The lowest BCUT2D eigenvalue weighted by Gasteiger charge is -2.18. The topological polar surface area (TPSA) is 34.9 Å². The fourth-order valence-corrected chi connectivity index (χ4v) is 5.87. The van der Waals surface area contributed by atoms with Crippen molar-refractivity contribution in [3.63, 3.8) is 0 Å². The molecule has 3 rings (SSSR count). The lowest BCUT2D eigenvalue weighted by atomic mass is 9.90. The van der Waals surface area contributed by atoms with Crippen molar-refractivity contribution in [2.45, 2.75) is 57.5 Å². The van der Waals surface area contributed by atoms with Crippen molar-refractivity contribution in [3.05, 3.63) is 33.6 Å². The van der Waals surface area contributed by atoms with Gasteiger partial charge in [-0.2, -0.15) is 4.98 Å². The lowest BCUT2D eigenvalue weighted by Crippen LogP contribution is -2.24. The average molecular weight is 349 g/mol. The molecule has 0 bridgehead atoms. The monoisotopic (exact) mass is 348 g/mol. The van der Waals surface area contributed by atoms with Gasteiger partial charge in [0.25, 0.3) is 0 Å². The van der Waals surface area contributed by atoms with Crippen molar-refractivity contribution in [2.75, 3.05) is 5.75 Å². The molecule has 0 spiro atoms. The van der Waals surface area contributed by atoms with Gasteiger partial charge < -0.3 is 0 Å². The number of aromatic nitrogens is 2. The van der Waals surface area contributed by atoms with E-state index in [0.717, 1.165) is 41.5 Å². The van der Waals surface area contributed by atoms with Gasteiger partial charge in [-0.15, -0.1) is 29.7 Å². The van der Waals surface area contributed by atoms with Gasteiger partial charge in [-0.05, 0) is 42.9 Å². The average Bonchev–Trinajstić information content (AvgIpc) is 2.89. The van der Waals surface area contributed by atoms with E-state index in [9.17, 15) is 4.79 Å². The summed E-state index contributed by atoms with van der Waals surface area (Å²) in [5.74, 6) is 1.77. The number of nitrogens with zero attached hydrogens (tertiary/aromatic N) is 2. The highest BCUT2D eigenvalue weighted by molar-refractivity contribution is 7.99. The van der Waals surface area contributed by atoms with Crippen LogP contribution in [0.25, 0.3) is 10.2 Å². The smallest absolute Gasteiger partial charge is 0.287 e. The first-order valence-corrected chi connectivity index (χ1v) is 10.2. The number of thioether (sulfide) groups is 1. The molecular weight excluding hydrogens is 324 g/mol. The molecule has 124 valence electrons. The first-order chi connectivity index (χ1) is 11.2. The summed E-state index contributed by atoms with van der Waals surface area (Å²) in [4.78, 5) is 18.4. The third-order valence-corrected chi connectivity index (χ3v) is 6.87. The second-order valence-corrected chi connectivity index (χ2v) is 8.52. The number of thiophene rings is 1. The Morgan fingerprint density at radius 3 is 3.09 bits per heavy atom. The maximum absolute atomic E-state index is 12.5. The van der Waals surface area contributed by atoms with Crippen LogP contribution in [-0.4, -0.2) is 15.3 Å². The Morgan fingerprint density at radius 2 is 2.35 bits per heavy atom. The van der Waals surface area contributed by atoms with Crippen molar-refractivity contribution in [1.82, 2.24) is 9.55 Å². The minimum atomic E-state index is -0.129. The van der Waals surface area contributed by atoms with Gasteiger partial charge in [-0.1, -0.05) is 26.3 Å². The summed E-state index contributed by atoms with van der Waals surface area (Å²) in [5.41, 5.74) is 2.40. The number of rotatable bonds is 6. The predicted octanol–water partition coefficient (Wildman–Crippen LogP) is 4.66. The molecule has 2 heterocycles. The van der Waals surface area contributed by atoms with E-state index in [1.54, 1.807) is 17.8 Å². The van der Waals surface area contributed by atoms with Crippen LogP contribution in [0.1, 0.15) is 43.6 Å². The largest absolute Gasteiger partial charge is 0.349 e. The van der Waals surface area contributed by atoms with Crippen LogP contribution in [0.15, 0.2) is 22.5 Å². The van der Waals surface area contributed by atoms with Gasteiger partial charge in [0.05, 0.1) is 10.2 Å². The van der Waals surface area contributed by atoms with E-state index in [4.69, 9.17) is 0 Å². The summed E-state index contributed by atoms with van der Waals surface area (Å²) in [6.07, 6.45) is 7.55. The summed E-state index contributed by atoms with van der Waals surface area (Å²) in [5, 5.41) is 0.936. The van der Waals surface area contributed by atoms with Gasteiger partial charge in [0, 0.05) is 11.4 Å². The van der Waals surface area contributed by atoms with Crippen LogP contribution < -0.4 is 5.69 Å². The Kier molecular flexibility index (Phi) is 5.27. The molecule has 3 nitrogen and oxygen atoms in total. The van der Waals surface area contributed by atoms with Crippen LogP contribution in [0.4, 0.5) is 0 Å². The van der Waals surface area contributed by atoms with Crippen LogP contribution in [0.3, 0.4) is 0 Å². The Labute approximate surface area is 145 Å². The van der Waals surface area contributed by atoms with Crippen LogP contribution in [0.5, 0.6) is 0 Å². The van der Waals surface area contributed by atoms with Gasteiger partial charge in [-0.3, -0.25) is 4.57 Å². The van der Waals surface area contributed by atoms with Gasteiger partial charge in [0.2, 0.25) is 0 Å². The molecule has 23 heavy (non-hydrogen) atoms. The van der Waals surface area contributed by atoms with Crippen LogP contribution in [-0.2, 0) is 19.4 Å². The minimum absolute atomic E-state index is 0.129. The van der Waals surface area contributed by atoms with E-state index < -0.39 is 0 Å². The van der Waals surface area contributed by atoms with Gasteiger partial charge in [-0.25, -0.2) is 4.79 Å². The van der Waals surface area contributed by atoms with Crippen molar-refractivity contribution in [1.29, 1.82) is 0 Å². The van der Waals surface area contributed by atoms with E-state index in [-0.39, 0.29) is 5.69 Å². The number of hydrogen-bond donors (Lipinski definition) is 0. The molecule has 0 saturated heterocycles. The van der Waals surface area contributed by atoms with Crippen LogP contribution >= 0.6 is 23.1 Å². The molecule has 0 fully saturated rings. The summed E-state index contributed by atoms with van der Waals surface area (Å²) >= 11 is 3.60. The fourth-order valence-electron chi connectivity index (χ4n) is 3.17. The normalized spacial score (nSPS) is 17.4. The number of aryl methyl sites for hydroxylation is 1. The number of allylic oxidation sites excluding steroid dienone is 1.